The zero-order valence-corrected chi connectivity index (χ0v) is 9.71. The molecule has 0 amide bonds. The van der Waals surface area contributed by atoms with Crippen LogP contribution in [0.1, 0.15) is 5.56 Å². The third kappa shape index (κ3) is 3.47. The topological polar surface area (TPSA) is 50.9 Å². The summed E-state index contributed by atoms with van der Waals surface area (Å²) in [6, 6.07) is 2.03. The number of nitrogens with zero attached hydrogens (tertiary/aromatic N) is 1. The van der Waals surface area contributed by atoms with Crippen LogP contribution >= 0.6 is 15.9 Å². The van der Waals surface area contributed by atoms with Crippen molar-refractivity contribution in [3.05, 3.63) is 34.5 Å². The monoisotopic (exact) mass is 255 g/mol. The van der Waals surface area contributed by atoms with Gasteiger partial charge in [0, 0.05) is 23.8 Å². The lowest BCUT2D eigenvalue weighted by molar-refractivity contribution is 1.17. The van der Waals surface area contributed by atoms with Crippen LogP contribution in [0.3, 0.4) is 0 Å². The van der Waals surface area contributed by atoms with Crippen LogP contribution in [0.25, 0.3) is 0 Å². The second-order valence-electron chi connectivity index (χ2n) is 2.91. The van der Waals surface area contributed by atoms with E-state index >= 15 is 0 Å². The van der Waals surface area contributed by atoms with Gasteiger partial charge in [-0.3, -0.25) is 0 Å². The summed E-state index contributed by atoms with van der Waals surface area (Å²) in [5, 5.41) is 3.20. The molecular weight excluding hydrogens is 242 g/mol. The minimum Gasteiger partial charge on any atom is -0.366 e. The summed E-state index contributed by atoms with van der Waals surface area (Å²) in [6.45, 7) is 3.36. The summed E-state index contributed by atoms with van der Waals surface area (Å²) < 4.78 is 0.998. The number of halogens is 1. The van der Waals surface area contributed by atoms with E-state index in [1.807, 2.05) is 25.1 Å². The number of nitrogens with one attached hydrogen (secondary N) is 1. The van der Waals surface area contributed by atoms with Crippen LogP contribution in [-0.4, -0.2) is 18.1 Å². The fourth-order valence-corrected chi connectivity index (χ4v) is 1.51. The Kier molecular flexibility index (Phi) is 4.62. The predicted octanol–water partition coefficient (Wildman–Crippen LogP) is 2.08. The lowest BCUT2D eigenvalue weighted by atomic mass is 10.3. The Morgan fingerprint density at radius 2 is 2.36 bits per heavy atom. The molecule has 0 aromatic carbocycles. The van der Waals surface area contributed by atoms with Crippen molar-refractivity contribution in [2.45, 2.75) is 6.92 Å². The average molecular weight is 256 g/mol. The number of nitrogens with two attached hydrogens (primary N) is 1. The van der Waals surface area contributed by atoms with Gasteiger partial charge < -0.3 is 11.1 Å². The fraction of sp³-hybridized carbons (Fsp3) is 0.300. The molecule has 14 heavy (non-hydrogen) atoms. The van der Waals surface area contributed by atoms with Gasteiger partial charge in [-0.15, -0.1) is 0 Å². The van der Waals surface area contributed by atoms with Crippen LogP contribution in [0.5, 0.6) is 0 Å². The van der Waals surface area contributed by atoms with Crippen molar-refractivity contribution < 1.29 is 0 Å². The van der Waals surface area contributed by atoms with Crippen LogP contribution < -0.4 is 11.1 Å². The smallest absolute Gasteiger partial charge is 0.129 e. The molecule has 3 N–H and O–H groups in total. The largest absolute Gasteiger partial charge is 0.366 e. The first kappa shape index (κ1) is 11.2. The average Bonchev–Trinajstić information content (AvgIpc) is 2.15. The molecule has 0 unspecified atom stereocenters. The summed E-state index contributed by atoms with van der Waals surface area (Å²) in [7, 11) is 0. The van der Waals surface area contributed by atoms with Gasteiger partial charge in [0.1, 0.15) is 5.82 Å². The molecule has 0 aliphatic heterocycles. The van der Waals surface area contributed by atoms with Crippen molar-refractivity contribution in [1.82, 2.24) is 4.98 Å². The van der Waals surface area contributed by atoms with E-state index in [-0.39, 0.29) is 0 Å². The quantitative estimate of drug-likeness (QED) is 0.811. The van der Waals surface area contributed by atoms with E-state index in [0.29, 0.717) is 6.54 Å². The summed E-state index contributed by atoms with van der Waals surface area (Å²) in [6.07, 6.45) is 5.69. The molecule has 1 aromatic rings. The molecule has 1 aromatic heterocycles. The molecule has 0 aliphatic rings. The van der Waals surface area contributed by atoms with E-state index in [2.05, 4.69) is 26.2 Å². The van der Waals surface area contributed by atoms with Crippen molar-refractivity contribution in [3.8, 4) is 0 Å². The maximum Gasteiger partial charge on any atom is 0.129 e. The van der Waals surface area contributed by atoms with E-state index < -0.39 is 0 Å². The second-order valence-corrected chi connectivity index (χ2v) is 3.82. The van der Waals surface area contributed by atoms with E-state index in [4.69, 9.17) is 5.73 Å². The Hall–Kier alpha value is -0.870. The molecule has 76 valence electrons. The highest BCUT2D eigenvalue weighted by Gasteiger charge is 1.97. The van der Waals surface area contributed by atoms with Crippen LogP contribution in [-0.2, 0) is 0 Å². The summed E-state index contributed by atoms with van der Waals surface area (Å²) in [4.78, 5) is 4.25. The van der Waals surface area contributed by atoms with Crippen molar-refractivity contribution in [2.75, 3.05) is 18.4 Å². The molecule has 0 fully saturated rings. The van der Waals surface area contributed by atoms with Crippen LogP contribution in [0.2, 0.25) is 0 Å². The van der Waals surface area contributed by atoms with Gasteiger partial charge in [0.25, 0.3) is 0 Å². The van der Waals surface area contributed by atoms with Crippen LogP contribution in [0, 0.1) is 6.92 Å². The Balaban J connectivity index is 2.55. The number of pyridine rings is 1. The van der Waals surface area contributed by atoms with Gasteiger partial charge in [0.05, 0.1) is 0 Å². The molecule has 0 spiro atoms. The molecule has 0 aliphatic carbocycles. The SMILES string of the molecule is Cc1cc(Br)cnc1NC/C=C/CN. The van der Waals surface area contributed by atoms with Crippen molar-refractivity contribution in [3.63, 3.8) is 0 Å². The van der Waals surface area contributed by atoms with E-state index in [1.165, 1.54) is 0 Å². The summed E-state index contributed by atoms with van der Waals surface area (Å²) in [5.41, 5.74) is 6.45. The normalized spacial score (nSPS) is 10.8. The van der Waals surface area contributed by atoms with Gasteiger partial charge >= 0.3 is 0 Å². The highest BCUT2D eigenvalue weighted by atomic mass is 79.9. The Morgan fingerprint density at radius 1 is 1.57 bits per heavy atom. The fourth-order valence-electron chi connectivity index (χ4n) is 1.06. The standard InChI is InChI=1S/C10H14BrN3/c1-8-6-9(11)7-14-10(8)13-5-3-2-4-12/h2-3,6-7H,4-5,12H2,1H3,(H,13,14)/b3-2+. The Morgan fingerprint density at radius 3 is 3.00 bits per heavy atom. The molecule has 4 heteroatoms. The first-order chi connectivity index (χ1) is 6.74. The van der Waals surface area contributed by atoms with Crippen molar-refractivity contribution >= 4 is 21.7 Å². The number of hydrogen-bond acceptors (Lipinski definition) is 3. The predicted molar refractivity (Wildman–Crippen MR) is 63.4 cm³/mol. The van der Waals surface area contributed by atoms with Crippen molar-refractivity contribution in [2.24, 2.45) is 5.73 Å². The molecular formula is C10H14BrN3. The molecule has 0 radical (unpaired) electrons. The third-order valence-electron chi connectivity index (χ3n) is 1.74. The third-order valence-corrected chi connectivity index (χ3v) is 2.17. The Labute approximate surface area is 92.5 Å². The minimum atomic E-state index is 0.578. The zero-order valence-electron chi connectivity index (χ0n) is 8.13. The number of aromatic nitrogens is 1. The number of rotatable bonds is 4. The molecule has 0 bridgehead atoms. The van der Waals surface area contributed by atoms with Gasteiger partial charge in [-0.1, -0.05) is 12.2 Å². The van der Waals surface area contributed by atoms with Crippen molar-refractivity contribution in [1.29, 1.82) is 0 Å². The molecule has 1 heterocycles. The maximum absolute atomic E-state index is 5.32. The van der Waals surface area contributed by atoms with E-state index in [1.54, 1.807) is 6.20 Å². The number of anilines is 1. The second kappa shape index (κ2) is 5.78. The first-order valence-electron chi connectivity index (χ1n) is 4.45. The van der Waals surface area contributed by atoms with Gasteiger partial charge in [-0.05, 0) is 34.5 Å². The maximum atomic E-state index is 5.32. The lowest BCUT2D eigenvalue weighted by Crippen LogP contribution is -2.03. The van der Waals surface area contributed by atoms with Gasteiger partial charge in [0.2, 0.25) is 0 Å². The molecule has 1 rings (SSSR count). The van der Waals surface area contributed by atoms with Gasteiger partial charge in [-0.2, -0.15) is 0 Å². The van der Waals surface area contributed by atoms with Gasteiger partial charge in [0.15, 0.2) is 0 Å². The highest BCUT2D eigenvalue weighted by Crippen LogP contribution is 2.16. The zero-order chi connectivity index (χ0) is 10.4. The van der Waals surface area contributed by atoms with E-state index in [9.17, 15) is 0 Å². The van der Waals surface area contributed by atoms with Gasteiger partial charge in [-0.25, -0.2) is 4.98 Å². The number of aryl methyl sites for hydroxylation is 1. The van der Waals surface area contributed by atoms with Crippen LogP contribution in [0.15, 0.2) is 28.9 Å². The first-order valence-corrected chi connectivity index (χ1v) is 5.24. The summed E-state index contributed by atoms with van der Waals surface area (Å²) >= 11 is 3.37. The molecule has 3 nitrogen and oxygen atoms in total. The minimum absolute atomic E-state index is 0.578. The van der Waals surface area contributed by atoms with E-state index in [0.717, 1.165) is 22.4 Å². The summed E-state index contributed by atoms with van der Waals surface area (Å²) in [5.74, 6) is 0.912. The molecule has 0 saturated heterocycles. The number of hydrogen-bond donors (Lipinski definition) is 2. The molecule has 0 atom stereocenters. The Bertz CT molecular complexity index is 323. The van der Waals surface area contributed by atoms with Crippen LogP contribution in [0.4, 0.5) is 5.82 Å². The highest BCUT2D eigenvalue weighted by molar-refractivity contribution is 9.10. The molecule has 0 saturated carbocycles. The lowest BCUT2D eigenvalue weighted by Gasteiger charge is -2.05.